The first-order valence-electron chi connectivity index (χ1n) is 7.83. The molecular formula is C20H16N4. The molecular weight excluding hydrogens is 296 g/mol. The molecule has 0 amide bonds. The van der Waals surface area contributed by atoms with Gasteiger partial charge in [0.2, 0.25) is 0 Å². The molecule has 4 aromatic rings. The summed E-state index contributed by atoms with van der Waals surface area (Å²) in [5.74, 6) is 0. The third kappa shape index (κ3) is 2.94. The van der Waals surface area contributed by atoms with Crippen molar-refractivity contribution in [3.63, 3.8) is 0 Å². The van der Waals surface area contributed by atoms with E-state index in [1.807, 2.05) is 42.7 Å². The number of pyridine rings is 3. The van der Waals surface area contributed by atoms with Gasteiger partial charge in [0.05, 0.1) is 16.9 Å². The molecule has 24 heavy (non-hydrogen) atoms. The van der Waals surface area contributed by atoms with Gasteiger partial charge >= 0.3 is 0 Å². The summed E-state index contributed by atoms with van der Waals surface area (Å²) in [6, 6.07) is 18.2. The highest BCUT2D eigenvalue weighted by Gasteiger charge is 2.06. The maximum Gasteiger partial charge on any atom is 0.0940 e. The molecule has 0 saturated carbocycles. The number of aromatic nitrogens is 3. The summed E-state index contributed by atoms with van der Waals surface area (Å²) in [7, 11) is 0. The van der Waals surface area contributed by atoms with Gasteiger partial charge in [-0.05, 0) is 35.9 Å². The van der Waals surface area contributed by atoms with Crippen molar-refractivity contribution in [2.75, 3.05) is 5.32 Å². The van der Waals surface area contributed by atoms with Crippen molar-refractivity contribution in [2.24, 2.45) is 0 Å². The Labute approximate surface area is 140 Å². The van der Waals surface area contributed by atoms with Crippen LogP contribution in [0.3, 0.4) is 0 Å². The summed E-state index contributed by atoms with van der Waals surface area (Å²) in [5.41, 5.74) is 5.05. The second-order valence-corrected chi connectivity index (χ2v) is 5.53. The molecule has 1 N–H and O–H groups in total. The van der Waals surface area contributed by atoms with Crippen molar-refractivity contribution in [1.82, 2.24) is 15.0 Å². The zero-order valence-electron chi connectivity index (χ0n) is 13.1. The zero-order valence-corrected chi connectivity index (χ0v) is 13.1. The summed E-state index contributed by atoms with van der Waals surface area (Å²) in [4.78, 5) is 13.2. The lowest BCUT2D eigenvalue weighted by Gasteiger charge is -2.10. The molecule has 0 aliphatic carbocycles. The number of hydrogen-bond acceptors (Lipinski definition) is 4. The molecule has 1 aromatic carbocycles. The van der Waals surface area contributed by atoms with Crippen LogP contribution in [0.5, 0.6) is 0 Å². The number of fused-ring (bicyclic) bond motifs is 1. The largest absolute Gasteiger partial charge is 0.379 e. The van der Waals surface area contributed by atoms with E-state index >= 15 is 0 Å². The standard InChI is InChI=1S/C20H16N4/c1-5-16-8-9-18(17-6-3-11-22-14-17)24-20(16)19(7-1)23-13-15-4-2-10-21-12-15/h1-12,14,23H,13H2. The molecule has 0 bridgehead atoms. The van der Waals surface area contributed by atoms with Crippen LogP contribution in [0, 0.1) is 0 Å². The van der Waals surface area contributed by atoms with Gasteiger partial charge in [-0.3, -0.25) is 9.97 Å². The summed E-state index contributed by atoms with van der Waals surface area (Å²) in [6.45, 7) is 0.714. The normalized spacial score (nSPS) is 10.7. The van der Waals surface area contributed by atoms with Crippen LogP contribution < -0.4 is 5.32 Å². The molecule has 0 unspecified atom stereocenters. The van der Waals surface area contributed by atoms with Gasteiger partial charge in [-0.15, -0.1) is 0 Å². The predicted octanol–water partition coefficient (Wildman–Crippen LogP) is 4.30. The molecule has 0 radical (unpaired) electrons. The molecule has 116 valence electrons. The Morgan fingerprint density at radius 2 is 1.67 bits per heavy atom. The van der Waals surface area contributed by atoms with Gasteiger partial charge in [-0.25, -0.2) is 4.98 Å². The minimum absolute atomic E-state index is 0.714. The first-order valence-corrected chi connectivity index (χ1v) is 7.83. The lowest BCUT2D eigenvalue weighted by molar-refractivity contribution is 1.11. The van der Waals surface area contributed by atoms with Crippen LogP contribution in [-0.4, -0.2) is 15.0 Å². The molecule has 0 spiro atoms. The van der Waals surface area contributed by atoms with Gasteiger partial charge in [-0.1, -0.05) is 24.3 Å². The van der Waals surface area contributed by atoms with Crippen LogP contribution >= 0.6 is 0 Å². The van der Waals surface area contributed by atoms with Crippen molar-refractivity contribution in [1.29, 1.82) is 0 Å². The van der Waals surface area contributed by atoms with E-state index in [1.54, 1.807) is 12.4 Å². The highest BCUT2D eigenvalue weighted by molar-refractivity contribution is 5.91. The molecule has 0 atom stereocenters. The summed E-state index contributed by atoms with van der Waals surface area (Å²) in [6.07, 6.45) is 7.25. The number of anilines is 1. The Morgan fingerprint density at radius 1 is 0.792 bits per heavy atom. The van der Waals surface area contributed by atoms with E-state index in [0.717, 1.165) is 33.4 Å². The van der Waals surface area contributed by atoms with Crippen LogP contribution in [0.25, 0.3) is 22.2 Å². The van der Waals surface area contributed by atoms with Crippen LogP contribution in [0.1, 0.15) is 5.56 Å². The quantitative estimate of drug-likeness (QED) is 0.610. The Kier molecular flexibility index (Phi) is 3.86. The fourth-order valence-corrected chi connectivity index (χ4v) is 2.66. The van der Waals surface area contributed by atoms with Gasteiger partial charge in [0.25, 0.3) is 0 Å². The SMILES string of the molecule is c1cncc(CNc2cccc3ccc(-c4cccnc4)nc23)c1. The monoisotopic (exact) mass is 312 g/mol. The van der Waals surface area contributed by atoms with Gasteiger partial charge in [0.15, 0.2) is 0 Å². The summed E-state index contributed by atoms with van der Waals surface area (Å²) < 4.78 is 0. The van der Waals surface area contributed by atoms with Crippen molar-refractivity contribution in [3.05, 3.63) is 84.9 Å². The number of nitrogens with one attached hydrogen (secondary N) is 1. The number of benzene rings is 1. The van der Waals surface area contributed by atoms with E-state index in [-0.39, 0.29) is 0 Å². The maximum absolute atomic E-state index is 4.84. The topological polar surface area (TPSA) is 50.7 Å². The van der Waals surface area contributed by atoms with Gasteiger partial charge in [0.1, 0.15) is 0 Å². The van der Waals surface area contributed by atoms with Crippen LogP contribution in [0.2, 0.25) is 0 Å². The predicted molar refractivity (Wildman–Crippen MR) is 96.5 cm³/mol. The van der Waals surface area contributed by atoms with E-state index in [1.165, 1.54) is 0 Å². The Bertz CT molecular complexity index is 953. The smallest absolute Gasteiger partial charge is 0.0940 e. The Balaban J connectivity index is 1.70. The molecule has 0 aliphatic rings. The van der Waals surface area contributed by atoms with Crippen LogP contribution in [-0.2, 0) is 6.54 Å². The minimum Gasteiger partial charge on any atom is -0.379 e. The highest BCUT2D eigenvalue weighted by Crippen LogP contribution is 2.25. The third-order valence-corrected chi connectivity index (χ3v) is 3.88. The first kappa shape index (κ1) is 14.3. The highest BCUT2D eigenvalue weighted by atomic mass is 14.9. The molecule has 0 fully saturated rings. The number of hydrogen-bond donors (Lipinski definition) is 1. The van der Waals surface area contributed by atoms with Crippen LogP contribution in [0.15, 0.2) is 79.4 Å². The van der Waals surface area contributed by atoms with E-state index in [4.69, 9.17) is 4.98 Å². The molecule has 4 heteroatoms. The van der Waals surface area contributed by atoms with E-state index in [2.05, 4.69) is 39.6 Å². The van der Waals surface area contributed by atoms with E-state index in [0.29, 0.717) is 6.54 Å². The fraction of sp³-hybridized carbons (Fsp3) is 0.0500. The van der Waals surface area contributed by atoms with Crippen LogP contribution in [0.4, 0.5) is 5.69 Å². The lowest BCUT2D eigenvalue weighted by Crippen LogP contribution is -2.01. The second kappa shape index (κ2) is 6.46. The van der Waals surface area contributed by atoms with Crippen molar-refractivity contribution in [2.45, 2.75) is 6.54 Å². The van der Waals surface area contributed by atoms with Gasteiger partial charge < -0.3 is 5.32 Å². The maximum atomic E-state index is 4.84. The van der Waals surface area contributed by atoms with Crippen molar-refractivity contribution in [3.8, 4) is 11.3 Å². The van der Waals surface area contributed by atoms with E-state index < -0.39 is 0 Å². The lowest BCUT2D eigenvalue weighted by atomic mass is 10.1. The Hall–Kier alpha value is -3.27. The third-order valence-electron chi connectivity index (χ3n) is 3.88. The fourth-order valence-electron chi connectivity index (χ4n) is 2.66. The number of rotatable bonds is 4. The molecule has 3 heterocycles. The second-order valence-electron chi connectivity index (χ2n) is 5.53. The molecule has 4 rings (SSSR count). The molecule has 3 aromatic heterocycles. The van der Waals surface area contributed by atoms with Gasteiger partial charge in [-0.2, -0.15) is 0 Å². The van der Waals surface area contributed by atoms with Crippen molar-refractivity contribution >= 4 is 16.6 Å². The zero-order chi connectivity index (χ0) is 16.2. The number of para-hydroxylation sites is 1. The van der Waals surface area contributed by atoms with Crippen molar-refractivity contribution < 1.29 is 0 Å². The Morgan fingerprint density at radius 3 is 2.46 bits per heavy atom. The summed E-state index contributed by atoms with van der Waals surface area (Å²) >= 11 is 0. The number of nitrogens with zero attached hydrogens (tertiary/aromatic N) is 3. The molecule has 0 saturated heterocycles. The summed E-state index contributed by atoms with van der Waals surface area (Å²) in [5, 5.41) is 4.57. The van der Waals surface area contributed by atoms with E-state index in [9.17, 15) is 0 Å². The molecule has 4 nitrogen and oxygen atoms in total. The molecule has 0 aliphatic heterocycles. The van der Waals surface area contributed by atoms with Gasteiger partial charge in [0, 0.05) is 42.3 Å². The minimum atomic E-state index is 0.714. The first-order chi connectivity index (χ1) is 11.9. The average Bonchev–Trinajstić information content (AvgIpc) is 2.67. The average molecular weight is 312 g/mol.